The van der Waals surface area contributed by atoms with E-state index in [2.05, 4.69) is 4.98 Å². The van der Waals surface area contributed by atoms with E-state index in [1.807, 2.05) is 36.4 Å². The van der Waals surface area contributed by atoms with Crippen LogP contribution in [0, 0.1) is 3.57 Å². The van der Waals surface area contributed by atoms with Gasteiger partial charge < -0.3 is 19.8 Å². The van der Waals surface area contributed by atoms with Crippen molar-refractivity contribution < 1.29 is 24.5 Å². The van der Waals surface area contributed by atoms with Crippen LogP contribution < -0.4 is 4.74 Å². The molecule has 150 valence electrons. The lowest BCUT2D eigenvalue weighted by atomic mass is 10.1. The number of ether oxygens (including phenoxy) is 1. The summed E-state index contributed by atoms with van der Waals surface area (Å²) in [6.07, 6.45) is 0.791. The van der Waals surface area contributed by atoms with Crippen molar-refractivity contribution in [3.8, 4) is 11.5 Å². The maximum Gasteiger partial charge on any atom is 0.340 e. The second-order valence-corrected chi connectivity index (χ2v) is 9.91. The van der Waals surface area contributed by atoms with Gasteiger partial charge in [-0.25, -0.2) is 9.78 Å². The third-order valence-corrected chi connectivity index (χ3v) is 7.40. The van der Waals surface area contributed by atoms with E-state index in [4.69, 9.17) is 16.3 Å². The number of carboxylic acids is 1. The normalized spacial score (nSPS) is 19.4. The van der Waals surface area contributed by atoms with Gasteiger partial charge in [0.25, 0.3) is 5.91 Å². The third kappa shape index (κ3) is 3.60. The molecule has 0 bridgehead atoms. The summed E-state index contributed by atoms with van der Waals surface area (Å²) in [4.78, 5) is 30.1. The van der Waals surface area contributed by atoms with Crippen molar-refractivity contribution in [2.24, 2.45) is 0 Å². The molecule has 1 aromatic heterocycles. The van der Waals surface area contributed by atoms with Crippen LogP contribution in [-0.2, 0) is 4.79 Å². The molecule has 1 saturated heterocycles. The van der Waals surface area contributed by atoms with E-state index in [0.717, 1.165) is 0 Å². The number of pyridine rings is 1. The second-order valence-electron chi connectivity index (χ2n) is 6.69. The van der Waals surface area contributed by atoms with Gasteiger partial charge in [0.15, 0.2) is 15.0 Å². The van der Waals surface area contributed by atoms with E-state index in [-0.39, 0.29) is 29.2 Å². The van der Waals surface area contributed by atoms with E-state index in [0.29, 0.717) is 32.9 Å². The minimum Gasteiger partial charge on any atom is -0.505 e. The summed E-state index contributed by atoms with van der Waals surface area (Å²) < 4.78 is 4.98. The Morgan fingerprint density at radius 1 is 1.39 bits per heavy atom. The SMILES string of the molecule is CC(C)Oc1ccc2c(Cl)nc(C(=O)N3CCCC3(I)C(=O)O)c(O)c2c1I. The molecule has 0 spiro atoms. The second kappa shape index (κ2) is 7.98. The molecule has 0 radical (unpaired) electrons. The minimum absolute atomic E-state index is 0.0544. The summed E-state index contributed by atoms with van der Waals surface area (Å²) in [7, 11) is 0. The van der Waals surface area contributed by atoms with Crippen molar-refractivity contribution in [2.45, 2.75) is 36.3 Å². The number of carbonyl (C=O) groups is 2. The van der Waals surface area contributed by atoms with Crippen LogP contribution in [0.15, 0.2) is 12.1 Å². The molecule has 1 unspecified atom stereocenters. The highest BCUT2D eigenvalue weighted by atomic mass is 127. The monoisotopic (exact) mass is 630 g/mol. The predicted molar refractivity (Wildman–Crippen MR) is 122 cm³/mol. The number of nitrogens with zero attached hydrogens (tertiary/aromatic N) is 2. The summed E-state index contributed by atoms with van der Waals surface area (Å²) in [5.74, 6) is -1.55. The number of rotatable bonds is 4. The molecule has 28 heavy (non-hydrogen) atoms. The van der Waals surface area contributed by atoms with E-state index >= 15 is 0 Å². The highest BCUT2D eigenvalue weighted by Gasteiger charge is 2.49. The van der Waals surface area contributed by atoms with E-state index in [1.165, 1.54) is 4.90 Å². The maximum absolute atomic E-state index is 13.1. The molecule has 0 aliphatic carbocycles. The molecular weight excluding hydrogens is 613 g/mol. The van der Waals surface area contributed by atoms with Gasteiger partial charge in [0.2, 0.25) is 0 Å². The largest absolute Gasteiger partial charge is 0.505 e. The lowest BCUT2D eigenvalue weighted by Gasteiger charge is -2.29. The zero-order valence-electron chi connectivity index (χ0n) is 15.0. The first-order valence-electron chi connectivity index (χ1n) is 8.49. The first-order chi connectivity index (χ1) is 13.1. The summed E-state index contributed by atoms with van der Waals surface area (Å²) in [6.45, 7) is 4.03. The number of halogens is 3. The lowest BCUT2D eigenvalue weighted by Crippen LogP contribution is -2.48. The Morgan fingerprint density at radius 3 is 2.68 bits per heavy atom. The van der Waals surface area contributed by atoms with Gasteiger partial charge in [0, 0.05) is 17.3 Å². The Morgan fingerprint density at radius 2 is 2.07 bits per heavy atom. The molecule has 0 saturated carbocycles. The molecule has 1 fully saturated rings. The summed E-state index contributed by atoms with van der Waals surface area (Å²) >= 11 is 10.1. The van der Waals surface area contributed by atoms with Gasteiger partial charge in [-0.15, -0.1) is 0 Å². The quantitative estimate of drug-likeness (QED) is 0.225. The van der Waals surface area contributed by atoms with Crippen molar-refractivity contribution in [3.05, 3.63) is 26.5 Å². The van der Waals surface area contributed by atoms with E-state index in [1.54, 1.807) is 34.7 Å². The van der Waals surface area contributed by atoms with E-state index in [9.17, 15) is 19.8 Å². The smallest absolute Gasteiger partial charge is 0.340 e. The zero-order valence-corrected chi connectivity index (χ0v) is 20.1. The first-order valence-corrected chi connectivity index (χ1v) is 11.0. The molecule has 2 aromatic rings. The Balaban J connectivity index is 2.17. The number of benzene rings is 1. The van der Waals surface area contributed by atoms with Crippen LogP contribution in [0.1, 0.15) is 37.2 Å². The van der Waals surface area contributed by atoms with Crippen LogP contribution in [0.2, 0.25) is 5.15 Å². The molecule has 7 nitrogen and oxygen atoms in total. The highest BCUT2D eigenvalue weighted by molar-refractivity contribution is 14.1. The highest BCUT2D eigenvalue weighted by Crippen LogP contribution is 2.42. The Bertz CT molecular complexity index is 984. The molecular formula is C18H17ClI2N2O5. The number of hydrogen-bond acceptors (Lipinski definition) is 5. The Hall–Kier alpha value is -1.08. The fraction of sp³-hybridized carbons (Fsp3) is 0.389. The van der Waals surface area contributed by atoms with Crippen LogP contribution in [0.25, 0.3) is 10.8 Å². The number of aliphatic carboxylic acids is 1. The summed E-state index contributed by atoms with van der Waals surface area (Å²) in [5, 5.41) is 21.3. The third-order valence-electron chi connectivity index (χ3n) is 4.46. The molecule has 1 aliphatic heterocycles. The molecule has 1 amide bonds. The number of aromatic hydroxyl groups is 1. The number of carbonyl (C=O) groups excluding carboxylic acids is 1. The van der Waals surface area contributed by atoms with Crippen molar-refractivity contribution in [3.63, 3.8) is 0 Å². The molecule has 1 atom stereocenters. The van der Waals surface area contributed by atoms with Crippen LogP contribution in [-0.4, -0.2) is 48.2 Å². The van der Waals surface area contributed by atoms with E-state index < -0.39 is 15.4 Å². The molecule has 1 aliphatic rings. The van der Waals surface area contributed by atoms with Gasteiger partial charge in [-0.3, -0.25) is 4.79 Å². The van der Waals surface area contributed by atoms with Gasteiger partial charge in [-0.2, -0.15) is 0 Å². The summed E-state index contributed by atoms with van der Waals surface area (Å²) in [5.41, 5.74) is -0.263. The van der Waals surface area contributed by atoms with Gasteiger partial charge >= 0.3 is 5.97 Å². The fourth-order valence-electron chi connectivity index (χ4n) is 3.18. The lowest BCUT2D eigenvalue weighted by molar-refractivity contribution is -0.142. The number of alkyl halides is 1. The molecule has 2 heterocycles. The summed E-state index contributed by atoms with van der Waals surface area (Å²) in [6, 6.07) is 3.41. The van der Waals surface area contributed by atoms with Crippen LogP contribution >= 0.6 is 56.8 Å². The number of aromatic nitrogens is 1. The minimum atomic E-state index is -1.37. The van der Waals surface area contributed by atoms with Gasteiger partial charge in [0.1, 0.15) is 10.9 Å². The Labute approximate surface area is 193 Å². The van der Waals surface area contributed by atoms with Crippen molar-refractivity contribution in [1.29, 1.82) is 0 Å². The predicted octanol–water partition coefficient (Wildman–Crippen LogP) is 4.44. The maximum atomic E-state index is 13.1. The Kier molecular flexibility index (Phi) is 6.16. The van der Waals surface area contributed by atoms with Crippen molar-refractivity contribution in [1.82, 2.24) is 9.88 Å². The number of likely N-dealkylation sites (tertiary alicyclic amines) is 1. The number of hydrogen-bond donors (Lipinski definition) is 2. The standard InChI is InChI=1S/C18H17ClI2N2O5/c1-8(2)28-10-5-4-9-11(12(10)20)14(24)13(22-15(9)19)16(25)23-7-3-6-18(23,21)17(26)27/h4-5,8,24H,3,6-7H2,1-2H3,(H,26,27). The topological polar surface area (TPSA) is 100.0 Å². The fourth-order valence-corrected chi connectivity index (χ4v) is 5.12. The molecule has 3 rings (SSSR count). The first kappa shape index (κ1) is 21.6. The molecule has 2 N–H and O–H groups in total. The van der Waals surface area contributed by atoms with Crippen molar-refractivity contribution >= 4 is 79.4 Å². The van der Waals surface area contributed by atoms with Gasteiger partial charge in [0.05, 0.1) is 9.67 Å². The number of fused-ring (bicyclic) bond motifs is 1. The molecule has 10 heteroatoms. The number of carboxylic acid groups (broad SMARTS) is 1. The van der Waals surface area contributed by atoms with Gasteiger partial charge in [-0.1, -0.05) is 11.6 Å². The van der Waals surface area contributed by atoms with Crippen molar-refractivity contribution in [2.75, 3.05) is 6.54 Å². The van der Waals surface area contributed by atoms with Crippen LogP contribution in [0.5, 0.6) is 11.5 Å². The van der Waals surface area contributed by atoms with Crippen LogP contribution in [0.3, 0.4) is 0 Å². The van der Waals surface area contributed by atoms with Gasteiger partial charge in [-0.05, 0) is 84.0 Å². The average molecular weight is 631 g/mol. The number of amides is 1. The average Bonchev–Trinajstić information content (AvgIpc) is 3.02. The van der Waals surface area contributed by atoms with Crippen LogP contribution in [0.4, 0.5) is 0 Å². The zero-order chi connectivity index (χ0) is 20.8. The molecule has 1 aromatic carbocycles.